The van der Waals surface area contributed by atoms with Crippen LogP contribution in [0, 0.1) is 0 Å². The maximum atomic E-state index is 5.82. The molecule has 2 aromatic heterocycles. The summed E-state index contributed by atoms with van der Waals surface area (Å²) in [5.74, 6) is 1.35. The molecule has 0 aromatic carbocycles. The van der Waals surface area contributed by atoms with E-state index in [9.17, 15) is 0 Å². The Kier molecular flexibility index (Phi) is 3.38. The van der Waals surface area contributed by atoms with Crippen LogP contribution in [0.2, 0.25) is 0 Å². The van der Waals surface area contributed by atoms with Gasteiger partial charge in [-0.3, -0.25) is 0 Å². The minimum absolute atomic E-state index is 0.381. The van der Waals surface area contributed by atoms with Crippen LogP contribution in [0.4, 0.5) is 11.8 Å². The Bertz CT molecular complexity index is 549. The van der Waals surface area contributed by atoms with Crippen LogP contribution < -0.4 is 10.6 Å². The van der Waals surface area contributed by atoms with Crippen molar-refractivity contribution in [2.45, 2.75) is 38.8 Å². The third kappa shape index (κ3) is 2.87. The van der Waals surface area contributed by atoms with Crippen LogP contribution in [0.1, 0.15) is 30.3 Å². The molecule has 4 nitrogen and oxygen atoms in total. The van der Waals surface area contributed by atoms with Gasteiger partial charge in [-0.1, -0.05) is 13.0 Å². The van der Waals surface area contributed by atoms with Gasteiger partial charge < -0.3 is 10.6 Å². The number of nitrogen functional groups attached to an aromatic ring is 1. The normalized spacial score (nSPS) is 14.6. The van der Waals surface area contributed by atoms with Crippen LogP contribution in [-0.2, 0) is 13.0 Å². The van der Waals surface area contributed by atoms with Crippen LogP contribution in [0.5, 0.6) is 0 Å². The van der Waals surface area contributed by atoms with Crippen molar-refractivity contribution in [3.63, 3.8) is 0 Å². The molecule has 19 heavy (non-hydrogen) atoms. The second-order valence-electron chi connectivity index (χ2n) is 4.87. The van der Waals surface area contributed by atoms with Gasteiger partial charge in [0.05, 0.1) is 6.54 Å². The number of hydrogen-bond acceptors (Lipinski definition) is 5. The number of thiophene rings is 1. The summed E-state index contributed by atoms with van der Waals surface area (Å²) < 4.78 is 0. The molecule has 0 radical (unpaired) electrons. The second kappa shape index (κ2) is 5.17. The van der Waals surface area contributed by atoms with Gasteiger partial charge in [0.1, 0.15) is 5.82 Å². The monoisotopic (exact) mass is 274 g/mol. The molecule has 0 bridgehead atoms. The first-order valence-electron chi connectivity index (χ1n) is 6.68. The number of nitrogens with zero attached hydrogens (tertiary/aromatic N) is 3. The van der Waals surface area contributed by atoms with Crippen molar-refractivity contribution < 1.29 is 0 Å². The summed E-state index contributed by atoms with van der Waals surface area (Å²) >= 11 is 1.79. The molecule has 0 amide bonds. The molecule has 0 spiro atoms. The predicted molar refractivity (Wildman–Crippen MR) is 79.3 cm³/mol. The van der Waals surface area contributed by atoms with Gasteiger partial charge >= 0.3 is 0 Å². The summed E-state index contributed by atoms with van der Waals surface area (Å²) in [6, 6.07) is 6.95. The Morgan fingerprint density at radius 3 is 2.89 bits per heavy atom. The smallest absolute Gasteiger partial charge is 0.222 e. The first-order chi connectivity index (χ1) is 9.26. The number of hydrogen-bond donors (Lipinski definition) is 1. The minimum Gasteiger partial charge on any atom is -0.368 e. The van der Waals surface area contributed by atoms with E-state index in [4.69, 9.17) is 5.73 Å². The molecular formula is C14H18N4S. The molecule has 0 aliphatic heterocycles. The Labute approximate surface area is 117 Å². The first kappa shape index (κ1) is 12.4. The van der Waals surface area contributed by atoms with E-state index in [0.29, 0.717) is 12.0 Å². The van der Waals surface area contributed by atoms with E-state index in [1.165, 1.54) is 17.7 Å². The molecule has 1 aliphatic rings. The number of anilines is 2. The zero-order chi connectivity index (χ0) is 13.2. The zero-order valence-electron chi connectivity index (χ0n) is 11.0. The molecule has 2 heterocycles. The SMILES string of the molecule is CCc1cc(N(Cc2cccs2)C2CC2)nc(N)n1. The average molecular weight is 274 g/mol. The maximum Gasteiger partial charge on any atom is 0.222 e. The fourth-order valence-corrected chi connectivity index (χ4v) is 2.89. The summed E-state index contributed by atoms with van der Waals surface area (Å²) in [5.41, 5.74) is 6.83. The molecular weight excluding hydrogens is 256 g/mol. The average Bonchev–Trinajstić information content (AvgIpc) is 3.12. The van der Waals surface area contributed by atoms with Crippen molar-refractivity contribution in [1.82, 2.24) is 9.97 Å². The van der Waals surface area contributed by atoms with E-state index in [1.807, 2.05) is 0 Å². The van der Waals surface area contributed by atoms with Crippen LogP contribution in [-0.4, -0.2) is 16.0 Å². The topological polar surface area (TPSA) is 55.0 Å². The standard InChI is InChI=1S/C14H18N4S/c1-2-10-8-13(17-14(15)16-10)18(11-5-6-11)9-12-4-3-7-19-12/h3-4,7-8,11H,2,5-6,9H2,1H3,(H2,15,16,17). The Balaban J connectivity index is 1.89. The third-order valence-electron chi connectivity index (χ3n) is 3.33. The minimum atomic E-state index is 0.381. The largest absolute Gasteiger partial charge is 0.368 e. The summed E-state index contributed by atoms with van der Waals surface area (Å²) in [5, 5.41) is 2.12. The highest BCUT2D eigenvalue weighted by atomic mass is 32.1. The predicted octanol–water partition coefficient (Wildman–Crippen LogP) is 2.85. The molecule has 1 saturated carbocycles. The maximum absolute atomic E-state index is 5.82. The lowest BCUT2D eigenvalue weighted by Gasteiger charge is -2.23. The van der Waals surface area contributed by atoms with Crippen molar-refractivity contribution in [3.8, 4) is 0 Å². The molecule has 3 rings (SSSR count). The summed E-state index contributed by atoms with van der Waals surface area (Å²) in [6.45, 7) is 3.01. The fraction of sp³-hybridized carbons (Fsp3) is 0.429. The van der Waals surface area contributed by atoms with Gasteiger partial charge in [0.2, 0.25) is 5.95 Å². The van der Waals surface area contributed by atoms with E-state index < -0.39 is 0 Å². The van der Waals surface area contributed by atoms with Gasteiger partial charge in [-0.15, -0.1) is 11.3 Å². The van der Waals surface area contributed by atoms with Crippen molar-refractivity contribution in [1.29, 1.82) is 0 Å². The van der Waals surface area contributed by atoms with Crippen LogP contribution in [0.3, 0.4) is 0 Å². The van der Waals surface area contributed by atoms with E-state index >= 15 is 0 Å². The number of rotatable bonds is 5. The highest BCUT2D eigenvalue weighted by Gasteiger charge is 2.30. The van der Waals surface area contributed by atoms with Crippen molar-refractivity contribution in [2.24, 2.45) is 0 Å². The molecule has 1 fully saturated rings. The third-order valence-corrected chi connectivity index (χ3v) is 4.19. The molecule has 1 aliphatic carbocycles. The number of aromatic nitrogens is 2. The summed E-state index contributed by atoms with van der Waals surface area (Å²) in [7, 11) is 0. The fourth-order valence-electron chi connectivity index (χ4n) is 2.19. The first-order valence-corrected chi connectivity index (χ1v) is 7.56. The Morgan fingerprint density at radius 2 is 2.26 bits per heavy atom. The molecule has 2 N–H and O–H groups in total. The van der Waals surface area contributed by atoms with Gasteiger partial charge in [0.25, 0.3) is 0 Å². The van der Waals surface area contributed by atoms with E-state index in [-0.39, 0.29) is 0 Å². The molecule has 0 unspecified atom stereocenters. The van der Waals surface area contributed by atoms with Gasteiger partial charge in [-0.2, -0.15) is 4.98 Å². The molecule has 5 heteroatoms. The van der Waals surface area contributed by atoms with Crippen LogP contribution >= 0.6 is 11.3 Å². The van der Waals surface area contributed by atoms with Crippen LogP contribution in [0.25, 0.3) is 0 Å². The van der Waals surface area contributed by atoms with Gasteiger partial charge in [0, 0.05) is 22.7 Å². The van der Waals surface area contributed by atoms with Gasteiger partial charge in [-0.25, -0.2) is 4.98 Å². The van der Waals surface area contributed by atoms with E-state index in [0.717, 1.165) is 24.5 Å². The zero-order valence-corrected chi connectivity index (χ0v) is 11.9. The van der Waals surface area contributed by atoms with E-state index in [1.54, 1.807) is 11.3 Å². The number of aryl methyl sites for hydroxylation is 1. The Hall–Kier alpha value is -1.62. The molecule has 0 atom stereocenters. The van der Waals surface area contributed by atoms with Gasteiger partial charge in [0.15, 0.2) is 0 Å². The lowest BCUT2D eigenvalue weighted by molar-refractivity contribution is 0.781. The summed E-state index contributed by atoms with van der Waals surface area (Å²) in [6.07, 6.45) is 3.38. The Morgan fingerprint density at radius 1 is 1.42 bits per heavy atom. The molecule has 2 aromatic rings. The summed E-state index contributed by atoms with van der Waals surface area (Å²) in [4.78, 5) is 12.4. The second-order valence-corrected chi connectivity index (χ2v) is 5.90. The molecule has 100 valence electrons. The lowest BCUT2D eigenvalue weighted by atomic mass is 10.3. The van der Waals surface area contributed by atoms with Crippen molar-refractivity contribution in [2.75, 3.05) is 10.6 Å². The lowest BCUT2D eigenvalue weighted by Crippen LogP contribution is -2.26. The highest BCUT2D eigenvalue weighted by Crippen LogP contribution is 2.33. The van der Waals surface area contributed by atoms with Crippen molar-refractivity contribution in [3.05, 3.63) is 34.2 Å². The quantitative estimate of drug-likeness (QED) is 0.911. The van der Waals surface area contributed by atoms with E-state index in [2.05, 4.69) is 45.4 Å². The van der Waals surface area contributed by atoms with Crippen LogP contribution in [0.15, 0.2) is 23.6 Å². The highest BCUT2D eigenvalue weighted by molar-refractivity contribution is 7.09. The van der Waals surface area contributed by atoms with Gasteiger partial charge in [-0.05, 0) is 30.7 Å². The molecule has 0 saturated heterocycles. The van der Waals surface area contributed by atoms with Crippen molar-refractivity contribution >= 4 is 23.1 Å². The number of nitrogens with two attached hydrogens (primary N) is 1.